The van der Waals surface area contributed by atoms with Gasteiger partial charge in [-0.15, -0.1) is 11.3 Å². The molecule has 9 aromatic rings. The number of fused-ring (bicyclic) bond motifs is 16. The molecule has 5 heteroatoms. The molecule has 3 nitrogen and oxygen atoms in total. The second-order valence-corrected chi connectivity index (χ2v) is 17.6. The summed E-state index contributed by atoms with van der Waals surface area (Å²) >= 11 is 1.87. The first-order valence-electron chi connectivity index (χ1n) is 15.8. The Kier molecular flexibility index (Phi) is 4.69. The molecule has 214 valence electrons. The molecule has 46 heavy (non-hydrogen) atoms. The minimum absolute atomic E-state index is 0.794. The van der Waals surface area contributed by atoms with Gasteiger partial charge in [-0.3, -0.25) is 0 Å². The van der Waals surface area contributed by atoms with Crippen LogP contribution in [0.4, 0.5) is 0 Å². The average Bonchev–Trinajstić information content (AvgIpc) is 3.74. The maximum Gasteiger partial charge on any atom is 0.170 e. The van der Waals surface area contributed by atoms with E-state index in [-0.39, 0.29) is 0 Å². The summed E-state index contributed by atoms with van der Waals surface area (Å²) < 4.78 is 5.15. The summed E-state index contributed by atoms with van der Waals surface area (Å²) in [4.78, 5) is 11.1. The zero-order valence-electron chi connectivity index (χ0n) is 25.0. The van der Waals surface area contributed by atoms with Gasteiger partial charge in [0.15, 0.2) is 13.9 Å². The van der Waals surface area contributed by atoms with Crippen LogP contribution in [0.3, 0.4) is 0 Å². The maximum atomic E-state index is 5.61. The first-order valence-corrected chi connectivity index (χ1v) is 19.1. The van der Waals surface area contributed by atoms with Crippen molar-refractivity contribution in [2.24, 2.45) is 0 Å². The molecular weight excluding hydrogens is 595 g/mol. The molecule has 0 amide bonds. The van der Waals surface area contributed by atoms with E-state index in [0.717, 1.165) is 28.3 Å². The van der Waals surface area contributed by atoms with Gasteiger partial charge in [-0.2, -0.15) is 0 Å². The predicted molar refractivity (Wildman–Crippen MR) is 196 cm³/mol. The normalized spacial score (nSPS) is 16.0. The number of aromatic nitrogens is 3. The van der Waals surface area contributed by atoms with Gasteiger partial charge < -0.3 is 4.57 Å². The molecule has 6 aromatic carbocycles. The Bertz CT molecular complexity index is 2780. The highest BCUT2D eigenvalue weighted by atomic mass is 32.1. The van der Waals surface area contributed by atoms with Crippen LogP contribution < -0.4 is 15.7 Å². The van der Waals surface area contributed by atoms with Crippen LogP contribution in [-0.4, -0.2) is 22.6 Å². The van der Waals surface area contributed by atoms with Crippen molar-refractivity contribution >= 4 is 77.1 Å². The van der Waals surface area contributed by atoms with Crippen molar-refractivity contribution in [2.75, 3.05) is 0 Å². The molecule has 2 aliphatic heterocycles. The zero-order chi connectivity index (χ0) is 30.1. The SMILES string of the molecule is C[Si]12c3ccc4c5ccc6sc7ccccc7c6c5n(c4c3)-c3ccccc3-c3nc(-c4ccccc4)c(c1n3)-c1ccccc12. The molecule has 3 aromatic heterocycles. The van der Waals surface area contributed by atoms with E-state index >= 15 is 0 Å². The molecule has 0 N–H and O–H groups in total. The zero-order valence-corrected chi connectivity index (χ0v) is 26.8. The second-order valence-electron chi connectivity index (χ2n) is 12.7. The third kappa shape index (κ3) is 2.97. The molecule has 0 radical (unpaired) electrons. The van der Waals surface area contributed by atoms with Crippen LogP contribution in [0.5, 0.6) is 0 Å². The van der Waals surface area contributed by atoms with E-state index in [1.807, 2.05) is 11.3 Å². The lowest BCUT2D eigenvalue weighted by Gasteiger charge is -2.26. The summed E-state index contributed by atoms with van der Waals surface area (Å²) in [5, 5.41) is 9.19. The number of hydrogen-bond donors (Lipinski definition) is 0. The van der Waals surface area contributed by atoms with E-state index in [2.05, 4.69) is 145 Å². The van der Waals surface area contributed by atoms with Gasteiger partial charge in [0.2, 0.25) is 0 Å². The highest BCUT2D eigenvalue weighted by molar-refractivity contribution is 7.26. The monoisotopic (exact) mass is 619 g/mol. The fourth-order valence-corrected chi connectivity index (χ4v) is 13.3. The third-order valence-electron chi connectivity index (χ3n) is 10.4. The molecule has 0 aliphatic carbocycles. The molecule has 1 unspecified atom stereocenters. The van der Waals surface area contributed by atoms with Crippen molar-refractivity contribution in [2.45, 2.75) is 6.55 Å². The number of thiophene rings is 1. The standard InChI is InChI=1S/C41H25N3SSi/c1-46-25-19-20-26-27-21-22-34-36(29-14-6-9-17-33(29)45-34)39(27)44(32(26)23-25)31-16-8-5-13-28(31)40-42-38(24-11-3-2-4-12-24)37(41(46)43-40)30-15-7-10-18-35(30)46/h2-23H,1H3. The number of benzene rings is 6. The molecule has 11 rings (SSSR count). The van der Waals surface area contributed by atoms with Crippen molar-refractivity contribution in [1.82, 2.24) is 14.5 Å². The molecule has 0 saturated carbocycles. The lowest BCUT2D eigenvalue weighted by atomic mass is 10.0. The minimum atomic E-state index is -2.52. The molecule has 5 heterocycles. The van der Waals surface area contributed by atoms with Crippen molar-refractivity contribution in [3.05, 3.63) is 133 Å². The van der Waals surface area contributed by atoms with E-state index in [4.69, 9.17) is 9.97 Å². The van der Waals surface area contributed by atoms with Crippen LogP contribution in [0, 0.1) is 0 Å². The van der Waals surface area contributed by atoms with E-state index in [9.17, 15) is 0 Å². The predicted octanol–water partition coefficient (Wildman–Crippen LogP) is 8.67. The Morgan fingerprint density at radius 2 is 1.39 bits per heavy atom. The lowest BCUT2D eigenvalue weighted by molar-refractivity contribution is 1.15. The fraction of sp³-hybridized carbons (Fsp3) is 0.0244. The molecule has 1 atom stereocenters. The van der Waals surface area contributed by atoms with Crippen LogP contribution >= 0.6 is 11.3 Å². The van der Waals surface area contributed by atoms with Gasteiger partial charge in [0.25, 0.3) is 0 Å². The Labute approximate surface area is 270 Å². The van der Waals surface area contributed by atoms with Crippen LogP contribution in [0.2, 0.25) is 6.55 Å². The Morgan fingerprint density at radius 3 is 2.30 bits per heavy atom. The Morgan fingerprint density at radius 1 is 0.630 bits per heavy atom. The number of nitrogens with zero attached hydrogens (tertiary/aromatic N) is 3. The summed E-state index contributed by atoms with van der Waals surface area (Å²) in [6.07, 6.45) is 0. The molecule has 4 bridgehead atoms. The van der Waals surface area contributed by atoms with Crippen LogP contribution in [-0.2, 0) is 0 Å². The summed E-state index contributed by atoms with van der Waals surface area (Å²) in [7, 11) is -2.52. The molecule has 2 aliphatic rings. The summed E-state index contributed by atoms with van der Waals surface area (Å²) in [5.74, 6) is 0.794. The van der Waals surface area contributed by atoms with Crippen molar-refractivity contribution in [3.63, 3.8) is 0 Å². The van der Waals surface area contributed by atoms with Crippen LogP contribution in [0.15, 0.2) is 133 Å². The number of hydrogen-bond acceptors (Lipinski definition) is 3. The van der Waals surface area contributed by atoms with Crippen molar-refractivity contribution in [3.8, 4) is 39.5 Å². The lowest BCUT2D eigenvalue weighted by Crippen LogP contribution is -2.63. The van der Waals surface area contributed by atoms with E-state index in [0.29, 0.717) is 0 Å². The highest BCUT2D eigenvalue weighted by Gasteiger charge is 2.47. The summed E-state index contributed by atoms with van der Waals surface area (Å²) in [5.41, 5.74) is 9.29. The number of rotatable bonds is 1. The topological polar surface area (TPSA) is 30.7 Å². The quantitative estimate of drug-likeness (QED) is 0.172. The van der Waals surface area contributed by atoms with Gasteiger partial charge in [0.1, 0.15) is 0 Å². The summed E-state index contributed by atoms with van der Waals surface area (Å²) in [6, 6.07) is 49.2. The molecular formula is C41H25N3SSi. The minimum Gasteiger partial charge on any atom is -0.308 e. The maximum absolute atomic E-state index is 5.61. The fourth-order valence-electron chi connectivity index (χ4n) is 8.29. The first kappa shape index (κ1) is 24.9. The van der Waals surface area contributed by atoms with Gasteiger partial charge in [-0.05, 0) is 46.3 Å². The van der Waals surface area contributed by atoms with Gasteiger partial charge in [0, 0.05) is 53.0 Å². The van der Waals surface area contributed by atoms with Gasteiger partial charge >= 0.3 is 0 Å². The largest absolute Gasteiger partial charge is 0.308 e. The van der Waals surface area contributed by atoms with Gasteiger partial charge in [-0.25, -0.2) is 9.97 Å². The van der Waals surface area contributed by atoms with Gasteiger partial charge in [-0.1, -0.05) is 110 Å². The van der Waals surface area contributed by atoms with Crippen molar-refractivity contribution < 1.29 is 0 Å². The second kappa shape index (κ2) is 8.66. The van der Waals surface area contributed by atoms with Crippen LogP contribution in [0.25, 0.3) is 81.4 Å². The average molecular weight is 620 g/mol. The van der Waals surface area contributed by atoms with Gasteiger partial charge in [0.05, 0.1) is 22.4 Å². The third-order valence-corrected chi connectivity index (χ3v) is 15.8. The first-order chi connectivity index (χ1) is 22.7. The number of para-hydroxylation sites is 1. The highest BCUT2D eigenvalue weighted by Crippen LogP contribution is 2.45. The Hall–Kier alpha value is -5.36. The molecule has 0 saturated heterocycles. The van der Waals surface area contributed by atoms with E-state index in [1.165, 1.54) is 68.8 Å². The van der Waals surface area contributed by atoms with Crippen molar-refractivity contribution in [1.29, 1.82) is 0 Å². The van der Waals surface area contributed by atoms with E-state index in [1.54, 1.807) is 0 Å². The smallest absolute Gasteiger partial charge is 0.170 e. The Balaban J connectivity index is 1.39. The molecule has 0 fully saturated rings. The molecule has 0 spiro atoms. The van der Waals surface area contributed by atoms with Crippen LogP contribution in [0.1, 0.15) is 0 Å². The summed E-state index contributed by atoms with van der Waals surface area (Å²) in [6.45, 7) is 2.50. The van der Waals surface area contributed by atoms with E-state index < -0.39 is 8.07 Å².